The molecule has 7 nitrogen and oxygen atoms in total. The molecule has 0 aromatic carbocycles. The number of imide groups is 1. The molecule has 2 amide bonds. The third-order valence-electron chi connectivity index (χ3n) is 3.36. The molecule has 1 aromatic rings. The van der Waals surface area contributed by atoms with Gasteiger partial charge in [-0.2, -0.15) is 5.10 Å². The Morgan fingerprint density at radius 1 is 1.42 bits per heavy atom. The van der Waals surface area contributed by atoms with Crippen LogP contribution in [0.3, 0.4) is 0 Å². The van der Waals surface area contributed by atoms with E-state index in [1.165, 1.54) is 0 Å². The van der Waals surface area contributed by atoms with Crippen molar-refractivity contribution in [3.05, 3.63) is 5.69 Å². The number of piperazine rings is 1. The first-order valence-corrected chi connectivity index (χ1v) is 6.42. The monoisotopic (exact) mass is 265 g/mol. The highest BCUT2D eigenvalue weighted by Gasteiger charge is 2.35. The summed E-state index contributed by atoms with van der Waals surface area (Å²) in [4.78, 5) is 25.2. The molecule has 1 atom stereocenters. The fourth-order valence-electron chi connectivity index (χ4n) is 2.40. The molecule has 19 heavy (non-hydrogen) atoms. The molecule has 1 aromatic heterocycles. The van der Waals surface area contributed by atoms with Gasteiger partial charge >= 0.3 is 0 Å². The zero-order chi connectivity index (χ0) is 14.2. The Hall–Kier alpha value is -2.05. The van der Waals surface area contributed by atoms with Crippen molar-refractivity contribution in [2.45, 2.75) is 39.8 Å². The maximum atomic E-state index is 11.9. The summed E-state index contributed by atoms with van der Waals surface area (Å²) < 4.78 is 1.74. The highest BCUT2D eigenvalue weighted by molar-refractivity contribution is 6.05. The van der Waals surface area contributed by atoms with Gasteiger partial charge in [-0.3, -0.25) is 14.9 Å². The predicted octanol–water partition coefficient (Wildman–Crippen LogP) is 0.0350. The fraction of sp³-hybridized carbons (Fsp3) is 0.583. The molecule has 0 saturated carbocycles. The SMILES string of the molecule is CCC1C(=O)NC(=O)CN1c1c(N)c(C)nn1CC. The standard InChI is InChI=1S/C12H19N5O2/c1-4-8-11(19)14-9(18)6-16(8)12-10(13)7(3)15-17(12)5-2/h8H,4-6,13H2,1-3H3,(H,14,18,19). The highest BCUT2D eigenvalue weighted by atomic mass is 16.2. The molecule has 104 valence electrons. The number of anilines is 2. The molecule has 1 aliphatic heterocycles. The number of nitrogens with two attached hydrogens (primary N) is 1. The molecule has 3 N–H and O–H groups in total. The second-order valence-corrected chi connectivity index (χ2v) is 4.60. The van der Waals surface area contributed by atoms with E-state index in [0.29, 0.717) is 30.2 Å². The van der Waals surface area contributed by atoms with Crippen LogP contribution in [0.15, 0.2) is 0 Å². The van der Waals surface area contributed by atoms with E-state index in [0.717, 1.165) is 0 Å². The molecule has 1 aliphatic rings. The lowest BCUT2D eigenvalue weighted by molar-refractivity contribution is -0.132. The molecule has 0 radical (unpaired) electrons. The molecule has 2 heterocycles. The van der Waals surface area contributed by atoms with Crippen molar-refractivity contribution in [1.82, 2.24) is 15.1 Å². The van der Waals surface area contributed by atoms with Crippen LogP contribution in [0.1, 0.15) is 26.0 Å². The maximum absolute atomic E-state index is 11.9. The number of nitrogen functional groups attached to an aromatic ring is 1. The van der Waals surface area contributed by atoms with Crippen molar-refractivity contribution in [3.8, 4) is 0 Å². The van der Waals surface area contributed by atoms with Crippen LogP contribution in [0.2, 0.25) is 0 Å². The van der Waals surface area contributed by atoms with E-state index in [9.17, 15) is 9.59 Å². The van der Waals surface area contributed by atoms with Gasteiger partial charge in [0.15, 0.2) is 5.82 Å². The van der Waals surface area contributed by atoms with Gasteiger partial charge in [-0.25, -0.2) is 4.68 Å². The van der Waals surface area contributed by atoms with Crippen LogP contribution < -0.4 is 16.0 Å². The van der Waals surface area contributed by atoms with Gasteiger partial charge in [-0.05, 0) is 20.3 Å². The largest absolute Gasteiger partial charge is 0.394 e. The van der Waals surface area contributed by atoms with Crippen molar-refractivity contribution in [2.24, 2.45) is 0 Å². The van der Waals surface area contributed by atoms with Gasteiger partial charge in [-0.15, -0.1) is 0 Å². The van der Waals surface area contributed by atoms with Crippen LogP contribution >= 0.6 is 0 Å². The molecule has 1 fully saturated rings. The number of nitrogens with zero attached hydrogens (tertiary/aromatic N) is 3. The van der Waals surface area contributed by atoms with E-state index in [4.69, 9.17) is 5.73 Å². The van der Waals surface area contributed by atoms with Crippen LogP contribution in [0.5, 0.6) is 0 Å². The van der Waals surface area contributed by atoms with Crippen molar-refractivity contribution in [3.63, 3.8) is 0 Å². The zero-order valence-electron chi connectivity index (χ0n) is 11.4. The Balaban J connectivity index is 2.48. The first-order chi connectivity index (χ1) is 8.99. The van der Waals surface area contributed by atoms with Crippen molar-refractivity contribution in [1.29, 1.82) is 0 Å². The van der Waals surface area contributed by atoms with E-state index in [2.05, 4.69) is 10.4 Å². The van der Waals surface area contributed by atoms with E-state index < -0.39 is 0 Å². The van der Waals surface area contributed by atoms with Crippen LogP contribution in [0, 0.1) is 6.92 Å². The second kappa shape index (κ2) is 4.91. The number of carbonyl (C=O) groups is 2. The third kappa shape index (κ3) is 2.16. The average molecular weight is 265 g/mol. The number of hydrogen-bond donors (Lipinski definition) is 2. The summed E-state index contributed by atoms with van der Waals surface area (Å²) in [6.07, 6.45) is 0.604. The minimum atomic E-state index is -0.388. The Labute approximate surface area is 111 Å². The number of nitrogens with one attached hydrogen (secondary N) is 1. The second-order valence-electron chi connectivity index (χ2n) is 4.60. The number of aromatic nitrogens is 2. The minimum absolute atomic E-state index is 0.125. The summed E-state index contributed by atoms with van der Waals surface area (Å²) in [5.41, 5.74) is 7.29. The number of aryl methyl sites for hydroxylation is 2. The topological polar surface area (TPSA) is 93.2 Å². The summed E-state index contributed by atoms with van der Waals surface area (Å²) >= 11 is 0. The first-order valence-electron chi connectivity index (χ1n) is 6.42. The van der Waals surface area contributed by atoms with E-state index in [1.807, 2.05) is 20.8 Å². The molecular weight excluding hydrogens is 246 g/mol. The predicted molar refractivity (Wildman–Crippen MR) is 71.6 cm³/mol. The molecular formula is C12H19N5O2. The molecule has 0 aliphatic carbocycles. The van der Waals surface area contributed by atoms with E-state index in [-0.39, 0.29) is 24.4 Å². The smallest absolute Gasteiger partial charge is 0.249 e. The van der Waals surface area contributed by atoms with E-state index >= 15 is 0 Å². The summed E-state index contributed by atoms with van der Waals surface area (Å²) in [7, 11) is 0. The van der Waals surface area contributed by atoms with E-state index in [1.54, 1.807) is 9.58 Å². The Bertz CT molecular complexity index is 522. The van der Waals surface area contributed by atoms with Crippen LogP contribution in [0.4, 0.5) is 11.5 Å². The fourth-order valence-corrected chi connectivity index (χ4v) is 2.40. The quantitative estimate of drug-likeness (QED) is 0.752. The van der Waals surface area contributed by atoms with Crippen molar-refractivity contribution < 1.29 is 9.59 Å². The summed E-state index contributed by atoms with van der Waals surface area (Å²) in [6.45, 7) is 6.43. The summed E-state index contributed by atoms with van der Waals surface area (Å²) in [6, 6.07) is -0.388. The number of carbonyl (C=O) groups excluding carboxylic acids is 2. The number of rotatable bonds is 3. The van der Waals surface area contributed by atoms with Gasteiger partial charge in [0.2, 0.25) is 11.8 Å². The number of amides is 2. The summed E-state index contributed by atoms with van der Waals surface area (Å²) in [5.74, 6) is 0.0744. The Morgan fingerprint density at radius 3 is 2.68 bits per heavy atom. The van der Waals surface area contributed by atoms with Crippen LogP contribution in [0.25, 0.3) is 0 Å². The van der Waals surface area contributed by atoms with Gasteiger partial charge in [0.25, 0.3) is 0 Å². The molecule has 2 rings (SSSR count). The lowest BCUT2D eigenvalue weighted by Crippen LogP contribution is -2.58. The molecule has 7 heteroatoms. The third-order valence-corrected chi connectivity index (χ3v) is 3.36. The zero-order valence-corrected chi connectivity index (χ0v) is 11.4. The first kappa shape index (κ1) is 13.4. The summed E-state index contributed by atoms with van der Waals surface area (Å²) in [5, 5.41) is 6.68. The van der Waals surface area contributed by atoms with Gasteiger partial charge in [0.05, 0.1) is 17.9 Å². The Kier molecular flexibility index (Phi) is 3.46. The van der Waals surface area contributed by atoms with Gasteiger partial charge < -0.3 is 10.6 Å². The normalized spacial score (nSPS) is 19.7. The molecule has 1 unspecified atom stereocenters. The Morgan fingerprint density at radius 2 is 2.11 bits per heavy atom. The van der Waals surface area contributed by atoms with Gasteiger partial charge in [0, 0.05) is 6.54 Å². The molecule has 0 bridgehead atoms. The van der Waals surface area contributed by atoms with Crippen molar-refractivity contribution >= 4 is 23.3 Å². The lowest BCUT2D eigenvalue weighted by Gasteiger charge is -2.35. The number of hydrogen-bond acceptors (Lipinski definition) is 5. The van der Waals surface area contributed by atoms with Gasteiger partial charge in [-0.1, -0.05) is 6.92 Å². The average Bonchev–Trinajstić information content (AvgIpc) is 2.64. The van der Waals surface area contributed by atoms with Crippen LogP contribution in [-0.4, -0.2) is 34.2 Å². The minimum Gasteiger partial charge on any atom is -0.394 e. The lowest BCUT2D eigenvalue weighted by atomic mass is 10.1. The molecule has 1 saturated heterocycles. The highest BCUT2D eigenvalue weighted by Crippen LogP contribution is 2.29. The van der Waals surface area contributed by atoms with Gasteiger partial charge in [0.1, 0.15) is 6.04 Å². The maximum Gasteiger partial charge on any atom is 0.249 e. The van der Waals surface area contributed by atoms with Crippen molar-refractivity contribution in [2.75, 3.05) is 17.2 Å². The van der Waals surface area contributed by atoms with Crippen LogP contribution in [-0.2, 0) is 16.1 Å². The molecule has 0 spiro atoms.